The summed E-state index contributed by atoms with van der Waals surface area (Å²) in [7, 11) is 0. The fraction of sp³-hybridized carbons (Fsp3) is 0.118. The number of nitrogens with zero attached hydrogens (tertiary/aromatic N) is 3. The molecule has 0 spiro atoms. The van der Waals surface area contributed by atoms with Crippen LogP contribution < -0.4 is 5.32 Å². The number of nitro groups is 1. The van der Waals surface area contributed by atoms with Crippen molar-refractivity contribution >= 4 is 17.2 Å². The van der Waals surface area contributed by atoms with Crippen molar-refractivity contribution in [2.24, 2.45) is 0 Å². The van der Waals surface area contributed by atoms with Crippen molar-refractivity contribution in [3.05, 3.63) is 76.0 Å². The van der Waals surface area contributed by atoms with E-state index in [-0.39, 0.29) is 22.9 Å². The van der Waals surface area contributed by atoms with Gasteiger partial charge in [0.05, 0.1) is 16.2 Å². The van der Waals surface area contributed by atoms with Gasteiger partial charge >= 0.3 is 11.9 Å². The summed E-state index contributed by atoms with van der Waals surface area (Å²) in [5, 5.41) is 18.4. The molecule has 3 rings (SSSR count). The Kier molecular flexibility index (Phi) is 4.37. The maximum absolute atomic E-state index is 12.7. The van der Waals surface area contributed by atoms with Gasteiger partial charge in [-0.1, -0.05) is 18.2 Å². The lowest BCUT2D eigenvalue weighted by atomic mass is 10.2. The van der Waals surface area contributed by atoms with Crippen molar-refractivity contribution in [3.8, 4) is 5.69 Å². The van der Waals surface area contributed by atoms with Crippen LogP contribution in [0.2, 0.25) is 0 Å². The van der Waals surface area contributed by atoms with Crippen LogP contribution in [-0.2, 0) is 6.18 Å². The Morgan fingerprint density at radius 2 is 1.69 bits per heavy atom. The van der Waals surface area contributed by atoms with Gasteiger partial charge in [-0.25, -0.2) is 4.68 Å². The molecule has 2 aromatic carbocycles. The molecule has 1 N–H and O–H groups in total. The summed E-state index contributed by atoms with van der Waals surface area (Å²) in [4.78, 5) is 10.9. The van der Waals surface area contributed by atoms with Crippen LogP contribution in [0.4, 0.5) is 30.4 Å². The van der Waals surface area contributed by atoms with Gasteiger partial charge in [-0.2, -0.15) is 18.3 Å². The number of aromatic nitrogens is 2. The number of hydrogen-bond donors (Lipinski definition) is 1. The normalized spacial score (nSPS) is 11.4. The zero-order valence-corrected chi connectivity index (χ0v) is 13.5. The van der Waals surface area contributed by atoms with Crippen LogP contribution in [-0.4, -0.2) is 14.7 Å². The number of halogens is 3. The quantitative estimate of drug-likeness (QED) is 0.532. The number of aryl methyl sites for hydroxylation is 1. The third-order valence-corrected chi connectivity index (χ3v) is 3.69. The van der Waals surface area contributed by atoms with Gasteiger partial charge in [-0.05, 0) is 43.3 Å². The van der Waals surface area contributed by atoms with Gasteiger partial charge in [0, 0.05) is 5.69 Å². The molecule has 0 unspecified atom stereocenters. The minimum Gasteiger partial charge on any atom is -0.334 e. The van der Waals surface area contributed by atoms with E-state index >= 15 is 0 Å². The molecule has 0 radical (unpaired) electrons. The standard InChI is InChI=1S/C17H13F3N4O2/c1-11-15(24(25)26)16(23(22-11)14-5-3-2-4-6-14)21-13-9-7-12(8-10-13)17(18,19)20/h2-10,21H,1H3. The van der Waals surface area contributed by atoms with Crippen LogP contribution >= 0.6 is 0 Å². The molecule has 9 heteroatoms. The third kappa shape index (κ3) is 3.37. The van der Waals surface area contributed by atoms with E-state index in [1.807, 2.05) is 0 Å². The van der Waals surface area contributed by atoms with Crippen LogP contribution in [0.1, 0.15) is 11.3 Å². The van der Waals surface area contributed by atoms with E-state index in [9.17, 15) is 23.3 Å². The lowest BCUT2D eigenvalue weighted by molar-refractivity contribution is -0.384. The second kappa shape index (κ2) is 6.51. The number of rotatable bonds is 4. The maximum atomic E-state index is 12.7. The van der Waals surface area contributed by atoms with Gasteiger partial charge < -0.3 is 5.32 Å². The number of nitrogens with one attached hydrogen (secondary N) is 1. The van der Waals surface area contributed by atoms with Crippen molar-refractivity contribution in [2.75, 3.05) is 5.32 Å². The summed E-state index contributed by atoms with van der Waals surface area (Å²) in [6.45, 7) is 1.50. The topological polar surface area (TPSA) is 73.0 Å². The minimum absolute atomic E-state index is 0.0680. The third-order valence-electron chi connectivity index (χ3n) is 3.69. The Labute approximate surface area is 146 Å². The van der Waals surface area contributed by atoms with E-state index in [0.29, 0.717) is 5.69 Å². The average Bonchev–Trinajstić information content (AvgIpc) is 2.91. The van der Waals surface area contributed by atoms with Crippen molar-refractivity contribution in [1.29, 1.82) is 0 Å². The monoisotopic (exact) mass is 362 g/mol. The minimum atomic E-state index is -4.45. The molecule has 0 atom stereocenters. The number of benzene rings is 2. The first-order valence-electron chi connectivity index (χ1n) is 7.51. The fourth-order valence-electron chi connectivity index (χ4n) is 2.49. The van der Waals surface area contributed by atoms with Gasteiger partial charge in [0.15, 0.2) is 0 Å². The first kappa shape index (κ1) is 17.5. The zero-order valence-electron chi connectivity index (χ0n) is 13.5. The SMILES string of the molecule is Cc1nn(-c2ccccc2)c(Nc2ccc(C(F)(F)F)cc2)c1[N+](=O)[O-]. The second-order valence-electron chi connectivity index (χ2n) is 5.49. The van der Waals surface area contributed by atoms with E-state index in [1.165, 1.54) is 23.7 Å². The maximum Gasteiger partial charge on any atom is 0.416 e. The van der Waals surface area contributed by atoms with Gasteiger partial charge in [0.25, 0.3) is 0 Å². The summed E-state index contributed by atoms with van der Waals surface area (Å²) in [6, 6.07) is 13.0. The van der Waals surface area contributed by atoms with Crippen LogP contribution in [0.3, 0.4) is 0 Å². The predicted octanol–water partition coefficient (Wildman–Crippen LogP) is 4.85. The summed E-state index contributed by atoms with van der Waals surface area (Å²) >= 11 is 0. The molecule has 0 aliphatic heterocycles. The second-order valence-corrected chi connectivity index (χ2v) is 5.49. The van der Waals surface area contributed by atoms with E-state index in [2.05, 4.69) is 10.4 Å². The molecule has 0 amide bonds. The molecule has 0 aliphatic rings. The van der Waals surface area contributed by atoms with Crippen molar-refractivity contribution < 1.29 is 18.1 Å². The summed E-state index contributed by atoms with van der Waals surface area (Å²) < 4.78 is 39.4. The summed E-state index contributed by atoms with van der Waals surface area (Å²) in [6.07, 6.45) is -4.45. The average molecular weight is 362 g/mol. The smallest absolute Gasteiger partial charge is 0.334 e. The summed E-state index contributed by atoms with van der Waals surface area (Å²) in [5.41, 5.74) is 0.00334. The van der Waals surface area contributed by atoms with Crippen LogP contribution in [0.15, 0.2) is 54.6 Å². The highest BCUT2D eigenvalue weighted by Crippen LogP contribution is 2.34. The largest absolute Gasteiger partial charge is 0.416 e. The van der Waals surface area contributed by atoms with Gasteiger partial charge in [0.1, 0.15) is 5.69 Å². The van der Waals surface area contributed by atoms with E-state index in [4.69, 9.17) is 0 Å². The van der Waals surface area contributed by atoms with E-state index in [1.54, 1.807) is 30.3 Å². The molecule has 1 heterocycles. The molecular formula is C17H13F3N4O2. The van der Waals surface area contributed by atoms with Crippen molar-refractivity contribution in [2.45, 2.75) is 13.1 Å². The first-order chi connectivity index (χ1) is 12.3. The fourth-order valence-corrected chi connectivity index (χ4v) is 2.49. The molecule has 0 saturated heterocycles. The predicted molar refractivity (Wildman–Crippen MR) is 89.7 cm³/mol. The van der Waals surface area contributed by atoms with E-state index < -0.39 is 16.7 Å². The highest BCUT2D eigenvalue weighted by molar-refractivity contribution is 5.70. The highest BCUT2D eigenvalue weighted by Gasteiger charge is 2.30. The Bertz CT molecular complexity index is 935. The zero-order chi connectivity index (χ0) is 18.9. The van der Waals surface area contributed by atoms with Gasteiger partial charge in [-0.15, -0.1) is 0 Å². The molecule has 134 valence electrons. The number of alkyl halides is 3. The van der Waals surface area contributed by atoms with Gasteiger partial charge in [0.2, 0.25) is 5.82 Å². The van der Waals surface area contributed by atoms with Gasteiger partial charge in [-0.3, -0.25) is 10.1 Å². The molecule has 0 aliphatic carbocycles. The number of anilines is 2. The van der Waals surface area contributed by atoms with Crippen molar-refractivity contribution in [1.82, 2.24) is 9.78 Å². The van der Waals surface area contributed by atoms with E-state index in [0.717, 1.165) is 12.1 Å². The van der Waals surface area contributed by atoms with Crippen LogP contribution in [0.25, 0.3) is 5.69 Å². The Hall–Kier alpha value is -3.36. The molecule has 0 saturated carbocycles. The lowest BCUT2D eigenvalue weighted by Gasteiger charge is -2.11. The molecule has 0 bridgehead atoms. The molecular weight excluding hydrogens is 349 g/mol. The highest BCUT2D eigenvalue weighted by atomic mass is 19.4. The number of para-hydroxylation sites is 1. The lowest BCUT2D eigenvalue weighted by Crippen LogP contribution is -2.06. The first-order valence-corrected chi connectivity index (χ1v) is 7.51. The Balaban J connectivity index is 2.05. The van der Waals surface area contributed by atoms with Crippen LogP contribution in [0, 0.1) is 17.0 Å². The molecule has 3 aromatic rings. The molecule has 1 aromatic heterocycles. The summed E-state index contributed by atoms with van der Waals surface area (Å²) in [5.74, 6) is 0.0680. The molecule has 26 heavy (non-hydrogen) atoms. The molecule has 6 nitrogen and oxygen atoms in total. The number of hydrogen-bond acceptors (Lipinski definition) is 4. The Morgan fingerprint density at radius 1 is 1.08 bits per heavy atom. The molecule has 0 fully saturated rings. The van der Waals surface area contributed by atoms with Crippen LogP contribution in [0.5, 0.6) is 0 Å². The Morgan fingerprint density at radius 3 is 2.23 bits per heavy atom. The van der Waals surface area contributed by atoms with Crippen molar-refractivity contribution in [3.63, 3.8) is 0 Å².